The molecule has 0 bridgehead atoms. The highest BCUT2D eigenvalue weighted by Gasteiger charge is 2.14. The number of hydrogen-bond donors (Lipinski definition) is 4. The molecule has 0 fully saturated rings. The van der Waals surface area contributed by atoms with Gasteiger partial charge in [-0.25, -0.2) is 0 Å². The van der Waals surface area contributed by atoms with Crippen LogP contribution in [0.1, 0.15) is 29.2 Å². The van der Waals surface area contributed by atoms with Gasteiger partial charge in [0.15, 0.2) is 0 Å². The maximum Gasteiger partial charge on any atom is 0.221 e. The Morgan fingerprint density at radius 1 is 0.913 bits per heavy atom. The fourth-order valence-corrected chi connectivity index (χ4v) is 2.59. The van der Waals surface area contributed by atoms with Crippen molar-refractivity contribution in [3.8, 4) is 11.5 Å². The molecule has 0 atom stereocenters. The molecule has 2 aromatic carbocycles. The van der Waals surface area contributed by atoms with Crippen molar-refractivity contribution in [3.05, 3.63) is 40.5 Å². The molecular weight excluding hydrogens is 292 g/mol. The normalized spacial score (nSPS) is 10.5. The van der Waals surface area contributed by atoms with Crippen molar-refractivity contribution in [3.63, 3.8) is 0 Å². The molecule has 2 rings (SSSR count). The van der Waals surface area contributed by atoms with Crippen molar-refractivity contribution in [1.29, 1.82) is 0 Å². The topological polar surface area (TPSA) is 81.6 Å². The molecule has 1 amide bonds. The molecule has 23 heavy (non-hydrogen) atoms. The summed E-state index contributed by atoms with van der Waals surface area (Å²) < 4.78 is 0. The minimum atomic E-state index is -0.211. The van der Waals surface area contributed by atoms with Gasteiger partial charge in [-0.2, -0.15) is 0 Å². The summed E-state index contributed by atoms with van der Waals surface area (Å²) in [7, 11) is 0. The highest BCUT2D eigenvalue weighted by molar-refractivity contribution is 5.95. The van der Waals surface area contributed by atoms with Gasteiger partial charge < -0.3 is 20.8 Å². The van der Waals surface area contributed by atoms with Crippen LogP contribution in [0.2, 0.25) is 0 Å². The van der Waals surface area contributed by atoms with Crippen LogP contribution in [-0.4, -0.2) is 16.1 Å². The molecule has 0 aliphatic carbocycles. The van der Waals surface area contributed by atoms with Crippen molar-refractivity contribution in [1.82, 2.24) is 0 Å². The summed E-state index contributed by atoms with van der Waals surface area (Å²) in [6, 6.07) is 5.44. The van der Waals surface area contributed by atoms with Gasteiger partial charge in [0.05, 0.1) is 11.4 Å². The predicted octanol–water partition coefficient (Wildman–Crippen LogP) is 4.03. The first-order valence-electron chi connectivity index (χ1n) is 7.38. The Kier molecular flexibility index (Phi) is 4.50. The minimum absolute atomic E-state index is 0.164. The lowest BCUT2D eigenvalue weighted by molar-refractivity contribution is -0.114. The smallest absolute Gasteiger partial charge is 0.221 e. The molecule has 122 valence electrons. The van der Waals surface area contributed by atoms with E-state index in [0.717, 1.165) is 16.8 Å². The van der Waals surface area contributed by atoms with Gasteiger partial charge in [0.2, 0.25) is 5.91 Å². The molecule has 0 spiro atoms. The molecule has 0 radical (unpaired) electrons. The van der Waals surface area contributed by atoms with Crippen molar-refractivity contribution < 1.29 is 15.0 Å². The molecule has 0 aliphatic rings. The summed E-state index contributed by atoms with van der Waals surface area (Å²) in [5.74, 6) is 0.227. The molecule has 4 N–H and O–H groups in total. The molecule has 2 aromatic rings. The number of aromatic hydroxyl groups is 2. The number of hydrogen-bond acceptors (Lipinski definition) is 4. The van der Waals surface area contributed by atoms with E-state index in [1.165, 1.54) is 6.92 Å². The zero-order valence-electron chi connectivity index (χ0n) is 14.0. The van der Waals surface area contributed by atoms with Crippen LogP contribution in [0, 0.1) is 27.7 Å². The maximum atomic E-state index is 11.5. The molecule has 0 heterocycles. The number of carbonyl (C=O) groups is 1. The third-order valence-corrected chi connectivity index (χ3v) is 3.81. The second-order valence-corrected chi connectivity index (χ2v) is 5.85. The maximum absolute atomic E-state index is 11.5. The van der Waals surface area contributed by atoms with Crippen molar-refractivity contribution >= 4 is 23.0 Å². The molecule has 5 nitrogen and oxygen atoms in total. The summed E-state index contributed by atoms with van der Waals surface area (Å²) in [6.45, 7) is 8.64. The fraction of sp³-hybridized carbons (Fsp3) is 0.278. The Hall–Kier alpha value is -2.69. The summed E-state index contributed by atoms with van der Waals surface area (Å²) in [4.78, 5) is 11.5. The minimum Gasteiger partial charge on any atom is -0.507 e. The van der Waals surface area contributed by atoms with Gasteiger partial charge in [0, 0.05) is 18.2 Å². The lowest BCUT2D eigenvalue weighted by Gasteiger charge is -2.18. The highest BCUT2D eigenvalue weighted by atomic mass is 16.3. The van der Waals surface area contributed by atoms with E-state index in [4.69, 9.17) is 0 Å². The lowest BCUT2D eigenvalue weighted by Crippen LogP contribution is -2.10. The number of anilines is 3. The van der Waals surface area contributed by atoms with E-state index in [1.54, 1.807) is 19.9 Å². The Morgan fingerprint density at radius 3 is 1.96 bits per heavy atom. The van der Waals surface area contributed by atoms with E-state index < -0.39 is 0 Å². The van der Waals surface area contributed by atoms with Gasteiger partial charge in [-0.05, 0) is 62.6 Å². The van der Waals surface area contributed by atoms with Crippen LogP contribution in [0.4, 0.5) is 17.1 Å². The monoisotopic (exact) mass is 314 g/mol. The standard InChI is InChI=1S/C18H22N2O3/c1-9-6-14(7-10(2)17(9)22)20-15-8-11(3)18(23)12(4)16(15)19-13(5)21/h6-8,20,22-23H,1-5H3,(H,19,21). The zero-order valence-corrected chi connectivity index (χ0v) is 14.0. The molecule has 0 unspecified atom stereocenters. The second-order valence-electron chi connectivity index (χ2n) is 5.85. The predicted molar refractivity (Wildman–Crippen MR) is 92.7 cm³/mol. The van der Waals surface area contributed by atoms with Gasteiger partial charge in [0.25, 0.3) is 0 Å². The largest absolute Gasteiger partial charge is 0.507 e. The van der Waals surface area contributed by atoms with Crippen LogP contribution >= 0.6 is 0 Å². The number of amides is 1. The van der Waals surface area contributed by atoms with Crippen LogP contribution in [0.5, 0.6) is 11.5 Å². The van der Waals surface area contributed by atoms with E-state index in [1.807, 2.05) is 26.0 Å². The van der Waals surface area contributed by atoms with Crippen molar-refractivity contribution in [2.75, 3.05) is 10.6 Å². The number of carbonyl (C=O) groups excluding carboxylic acids is 1. The first-order chi connectivity index (χ1) is 10.7. The van der Waals surface area contributed by atoms with Crippen LogP contribution < -0.4 is 10.6 Å². The number of nitrogens with one attached hydrogen (secondary N) is 2. The van der Waals surface area contributed by atoms with Crippen LogP contribution in [0.15, 0.2) is 18.2 Å². The molecule has 0 aliphatic heterocycles. The molecular formula is C18H22N2O3. The van der Waals surface area contributed by atoms with Crippen molar-refractivity contribution in [2.24, 2.45) is 0 Å². The van der Waals surface area contributed by atoms with E-state index in [9.17, 15) is 15.0 Å². The third-order valence-electron chi connectivity index (χ3n) is 3.81. The van der Waals surface area contributed by atoms with Crippen LogP contribution in [0.25, 0.3) is 0 Å². The van der Waals surface area contributed by atoms with Gasteiger partial charge in [-0.15, -0.1) is 0 Å². The molecule has 0 saturated heterocycles. The quantitative estimate of drug-likeness (QED) is 0.645. The second kappa shape index (κ2) is 6.20. The van der Waals surface area contributed by atoms with Gasteiger partial charge in [-0.1, -0.05) is 0 Å². The SMILES string of the molecule is CC(=O)Nc1c(Nc2cc(C)c(O)c(C)c2)cc(C)c(O)c1C. The zero-order chi connectivity index (χ0) is 17.3. The first-order valence-corrected chi connectivity index (χ1v) is 7.38. The van der Waals surface area contributed by atoms with E-state index in [-0.39, 0.29) is 17.4 Å². The third kappa shape index (κ3) is 3.39. The number of benzene rings is 2. The molecule has 0 aromatic heterocycles. The highest BCUT2D eigenvalue weighted by Crippen LogP contribution is 2.38. The first kappa shape index (κ1) is 16.7. The van der Waals surface area contributed by atoms with E-state index >= 15 is 0 Å². The van der Waals surface area contributed by atoms with Crippen molar-refractivity contribution in [2.45, 2.75) is 34.6 Å². The summed E-state index contributed by atoms with van der Waals surface area (Å²) in [5.41, 5.74) is 4.89. The lowest BCUT2D eigenvalue weighted by atomic mass is 10.0. The molecule has 0 saturated carbocycles. The summed E-state index contributed by atoms with van der Waals surface area (Å²) in [6.07, 6.45) is 0. The number of phenols is 2. The fourth-order valence-electron chi connectivity index (χ4n) is 2.59. The van der Waals surface area contributed by atoms with E-state index in [0.29, 0.717) is 22.5 Å². The van der Waals surface area contributed by atoms with Gasteiger partial charge in [-0.3, -0.25) is 4.79 Å². The Balaban J connectivity index is 2.52. The average Bonchev–Trinajstić information content (AvgIpc) is 2.46. The summed E-state index contributed by atoms with van der Waals surface area (Å²) >= 11 is 0. The summed E-state index contributed by atoms with van der Waals surface area (Å²) in [5, 5.41) is 26.0. The van der Waals surface area contributed by atoms with Gasteiger partial charge >= 0.3 is 0 Å². The molecule has 5 heteroatoms. The average molecular weight is 314 g/mol. The Bertz CT molecular complexity index is 759. The van der Waals surface area contributed by atoms with E-state index in [2.05, 4.69) is 10.6 Å². The van der Waals surface area contributed by atoms with Crippen LogP contribution in [-0.2, 0) is 4.79 Å². The van der Waals surface area contributed by atoms with Crippen LogP contribution in [0.3, 0.4) is 0 Å². The van der Waals surface area contributed by atoms with Gasteiger partial charge in [0.1, 0.15) is 11.5 Å². The number of rotatable bonds is 3. The number of aryl methyl sites for hydroxylation is 3. The Morgan fingerprint density at radius 2 is 1.43 bits per heavy atom. The Labute approximate surface area is 136 Å². The number of phenolic OH excluding ortho intramolecular Hbond substituents is 2.